The molecule has 1 aromatic heterocycles. The van der Waals surface area contributed by atoms with Crippen LogP contribution in [0.15, 0.2) is 17.1 Å². The Morgan fingerprint density at radius 1 is 1.47 bits per heavy atom. The van der Waals surface area contributed by atoms with Crippen LogP contribution in [0.1, 0.15) is 6.23 Å². The van der Waals surface area contributed by atoms with Gasteiger partial charge in [0.15, 0.2) is 6.23 Å². The number of rotatable bonds is 2. The van der Waals surface area contributed by atoms with Crippen molar-refractivity contribution in [3.05, 3.63) is 22.7 Å². The summed E-state index contributed by atoms with van der Waals surface area (Å²) in [6.07, 6.45) is -3.27. The van der Waals surface area contributed by atoms with Crippen molar-refractivity contribution in [1.82, 2.24) is 9.55 Å². The lowest BCUT2D eigenvalue weighted by Gasteiger charge is -2.16. The number of anilines is 1. The standard InChI is InChI=1S/C9H13N3O5/c10-5-1-2-12(9(16)11-5)8-7(15)6(14)4(3-13)17-8/h1-2,4,6-8,13-15H,3H2,(H2,10,11,16)/t4-,6+,7+,8-/m1/s1. The van der Waals surface area contributed by atoms with E-state index in [0.29, 0.717) is 0 Å². The van der Waals surface area contributed by atoms with Gasteiger partial charge in [0, 0.05) is 6.20 Å². The van der Waals surface area contributed by atoms with Crippen molar-refractivity contribution in [3.63, 3.8) is 0 Å². The Morgan fingerprint density at radius 3 is 2.71 bits per heavy atom. The fourth-order valence-corrected chi connectivity index (χ4v) is 1.73. The second-order valence-electron chi connectivity index (χ2n) is 3.77. The van der Waals surface area contributed by atoms with E-state index in [-0.39, 0.29) is 5.82 Å². The minimum atomic E-state index is -1.31. The molecule has 1 saturated heterocycles. The Morgan fingerprint density at radius 2 is 2.18 bits per heavy atom. The van der Waals surface area contributed by atoms with Crippen LogP contribution in [0.2, 0.25) is 0 Å². The fourth-order valence-electron chi connectivity index (χ4n) is 1.73. The zero-order chi connectivity index (χ0) is 12.6. The van der Waals surface area contributed by atoms with Crippen molar-refractivity contribution in [2.24, 2.45) is 0 Å². The molecular formula is C9H13N3O5. The quantitative estimate of drug-likeness (QED) is 0.449. The first-order valence-electron chi connectivity index (χ1n) is 5.01. The van der Waals surface area contributed by atoms with E-state index in [1.165, 1.54) is 12.3 Å². The monoisotopic (exact) mass is 243 g/mol. The number of aromatic nitrogens is 2. The van der Waals surface area contributed by atoms with E-state index in [1.807, 2.05) is 0 Å². The lowest BCUT2D eigenvalue weighted by molar-refractivity contribution is -0.0549. The smallest absolute Gasteiger partial charge is 0.351 e. The Labute approximate surface area is 95.9 Å². The molecule has 0 radical (unpaired) electrons. The van der Waals surface area contributed by atoms with Crippen molar-refractivity contribution in [2.45, 2.75) is 24.5 Å². The van der Waals surface area contributed by atoms with Gasteiger partial charge >= 0.3 is 5.69 Å². The van der Waals surface area contributed by atoms with Crippen LogP contribution in [-0.2, 0) is 4.74 Å². The summed E-state index contributed by atoms with van der Waals surface area (Å²) in [6.45, 7) is -0.453. The first-order valence-corrected chi connectivity index (χ1v) is 5.01. The van der Waals surface area contributed by atoms with Gasteiger partial charge in [0.25, 0.3) is 0 Å². The summed E-state index contributed by atoms with van der Waals surface area (Å²) >= 11 is 0. The lowest BCUT2D eigenvalue weighted by Crippen LogP contribution is -2.36. The third-order valence-electron chi connectivity index (χ3n) is 2.64. The van der Waals surface area contributed by atoms with Crippen LogP contribution in [0.4, 0.5) is 5.82 Å². The second kappa shape index (κ2) is 4.41. The summed E-state index contributed by atoms with van der Waals surface area (Å²) in [5, 5.41) is 28.2. The molecule has 1 aliphatic heterocycles. The Bertz CT molecular complexity index is 462. The summed E-state index contributed by atoms with van der Waals surface area (Å²) in [5.41, 5.74) is 4.63. The molecular weight excluding hydrogens is 230 g/mol. The van der Waals surface area contributed by atoms with Crippen LogP contribution in [-0.4, -0.2) is 49.8 Å². The molecule has 0 spiro atoms. The molecule has 5 N–H and O–H groups in total. The maximum atomic E-state index is 11.5. The molecule has 94 valence electrons. The number of hydrogen-bond acceptors (Lipinski definition) is 7. The van der Waals surface area contributed by atoms with Crippen LogP contribution in [0.5, 0.6) is 0 Å². The van der Waals surface area contributed by atoms with Crippen LogP contribution in [0.25, 0.3) is 0 Å². The number of nitrogen functional groups attached to an aromatic ring is 1. The second-order valence-corrected chi connectivity index (χ2v) is 3.77. The fraction of sp³-hybridized carbons (Fsp3) is 0.556. The topological polar surface area (TPSA) is 131 Å². The molecule has 0 aromatic carbocycles. The predicted octanol–water partition coefficient (Wildman–Crippen LogP) is -2.56. The van der Waals surface area contributed by atoms with E-state index < -0.39 is 36.8 Å². The van der Waals surface area contributed by atoms with E-state index in [0.717, 1.165) is 4.57 Å². The van der Waals surface area contributed by atoms with Gasteiger partial charge in [0.1, 0.15) is 24.1 Å². The number of hydrogen-bond donors (Lipinski definition) is 4. The van der Waals surface area contributed by atoms with Crippen molar-refractivity contribution in [1.29, 1.82) is 0 Å². The third-order valence-corrected chi connectivity index (χ3v) is 2.64. The van der Waals surface area contributed by atoms with Crippen molar-refractivity contribution in [3.8, 4) is 0 Å². The molecule has 1 aromatic rings. The number of ether oxygens (including phenoxy) is 1. The minimum Gasteiger partial charge on any atom is -0.394 e. The number of aliphatic hydroxyl groups is 3. The van der Waals surface area contributed by atoms with Gasteiger partial charge in [-0.05, 0) is 6.07 Å². The summed E-state index contributed by atoms with van der Waals surface area (Å²) in [5.74, 6) is 0.0537. The number of nitrogens with zero attached hydrogens (tertiary/aromatic N) is 2. The van der Waals surface area contributed by atoms with Gasteiger partial charge in [-0.2, -0.15) is 4.98 Å². The Kier molecular flexibility index (Phi) is 3.11. The molecule has 17 heavy (non-hydrogen) atoms. The van der Waals surface area contributed by atoms with Crippen molar-refractivity contribution in [2.75, 3.05) is 12.3 Å². The summed E-state index contributed by atoms with van der Waals surface area (Å²) in [4.78, 5) is 15.0. The summed E-state index contributed by atoms with van der Waals surface area (Å²) < 4.78 is 6.19. The SMILES string of the molecule is Nc1ccn([C@@H]2O[C@H](CO)[C@H](O)[C@@H]2O)c(=O)n1. The molecule has 1 fully saturated rings. The summed E-state index contributed by atoms with van der Waals surface area (Å²) in [6, 6.07) is 1.37. The zero-order valence-electron chi connectivity index (χ0n) is 8.80. The first kappa shape index (κ1) is 12.0. The first-order chi connectivity index (χ1) is 8.04. The van der Waals surface area contributed by atoms with Gasteiger partial charge < -0.3 is 25.8 Å². The molecule has 0 aliphatic carbocycles. The molecule has 8 nitrogen and oxygen atoms in total. The predicted molar refractivity (Wildman–Crippen MR) is 55.9 cm³/mol. The maximum absolute atomic E-state index is 11.5. The van der Waals surface area contributed by atoms with Crippen molar-refractivity contribution < 1.29 is 20.1 Å². The average molecular weight is 243 g/mol. The highest BCUT2D eigenvalue weighted by molar-refractivity contribution is 5.23. The number of nitrogens with two attached hydrogens (primary N) is 1. The molecule has 4 atom stereocenters. The van der Waals surface area contributed by atoms with Gasteiger partial charge in [-0.1, -0.05) is 0 Å². The van der Waals surface area contributed by atoms with Gasteiger partial charge in [0.05, 0.1) is 6.61 Å². The highest BCUT2D eigenvalue weighted by atomic mass is 16.6. The van der Waals surface area contributed by atoms with Crippen LogP contribution in [0.3, 0.4) is 0 Å². The van der Waals surface area contributed by atoms with Gasteiger partial charge in [-0.25, -0.2) is 4.79 Å². The molecule has 8 heteroatoms. The average Bonchev–Trinajstić information content (AvgIpc) is 2.57. The highest BCUT2D eigenvalue weighted by Crippen LogP contribution is 2.27. The molecule has 1 aliphatic rings. The highest BCUT2D eigenvalue weighted by Gasteiger charge is 2.43. The van der Waals surface area contributed by atoms with E-state index in [4.69, 9.17) is 15.6 Å². The van der Waals surface area contributed by atoms with E-state index in [1.54, 1.807) is 0 Å². The summed E-state index contributed by atoms with van der Waals surface area (Å²) in [7, 11) is 0. The largest absolute Gasteiger partial charge is 0.394 e. The molecule has 2 rings (SSSR count). The third kappa shape index (κ3) is 2.03. The Balaban J connectivity index is 2.32. The van der Waals surface area contributed by atoms with Crippen molar-refractivity contribution >= 4 is 5.82 Å². The maximum Gasteiger partial charge on any atom is 0.351 e. The molecule has 0 saturated carbocycles. The Hall–Kier alpha value is -1.48. The molecule has 0 amide bonds. The van der Waals surface area contributed by atoms with Gasteiger partial charge in [-0.3, -0.25) is 4.57 Å². The van der Waals surface area contributed by atoms with E-state index in [2.05, 4.69) is 4.98 Å². The van der Waals surface area contributed by atoms with Crippen LogP contribution in [0, 0.1) is 0 Å². The van der Waals surface area contributed by atoms with E-state index in [9.17, 15) is 15.0 Å². The lowest BCUT2D eigenvalue weighted by atomic mass is 10.1. The molecule has 2 heterocycles. The molecule has 0 bridgehead atoms. The normalized spacial score (nSPS) is 32.9. The zero-order valence-corrected chi connectivity index (χ0v) is 8.80. The molecule has 0 unspecified atom stereocenters. The minimum absolute atomic E-state index is 0.0537. The van der Waals surface area contributed by atoms with Crippen LogP contribution >= 0.6 is 0 Å². The van der Waals surface area contributed by atoms with Gasteiger partial charge in [-0.15, -0.1) is 0 Å². The van der Waals surface area contributed by atoms with Gasteiger partial charge in [0.2, 0.25) is 0 Å². The van der Waals surface area contributed by atoms with Crippen LogP contribution < -0.4 is 11.4 Å². The number of aliphatic hydroxyl groups excluding tert-OH is 3. The van der Waals surface area contributed by atoms with E-state index >= 15 is 0 Å².